The molecule has 1 aliphatic carbocycles. The van der Waals surface area contributed by atoms with Gasteiger partial charge in [-0.25, -0.2) is 0 Å². The lowest BCUT2D eigenvalue weighted by molar-refractivity contribution is 0.138. The lowest BCUT2D eigenvalue weighted by atomic mass is 9.71. The molecule has 0 bridgehead atoms. The molecule has 0 spiro atoms. The van der Waals surface area contributed by atoms with Gasteiger partial charge in [0.05, 0.1) is 6.61 Å². The van der Waals surface area contributed by atoms with Crippen molar-refractivity contribution in [3.63, 3.8) is 0 Å². The van der Waals surface area contributed by atoms with Gasteiger partial charge in [0, 0.05) is 29.0 Å². The molecule has 3 heteroatoms. The summed E-state index contributed by atoms with van der Waals surface area (Å²) in [5.74, 6) is 1.99. The molecule has 0 amide bonds. The van der Waals surface area contributed by atoms with Crippen LogP contribution in [0.4, 0.5) is 0 Å². The third-order valence-corrected chi connectivity index (χ3v) is 5.56. The van der Waals surface area contributed by atoms with E-state index in [4.69, 9.17) is 4.74 Å². The molecule has 1 unspecified atom stereocenters. The molecule has 3 rings (SSSR count). The van der Waals surface area contributed by atoms with Gasteiger partial charge in [-0.2, -0.15) is 0 Å². The van der Waals surface area contributed by atoms with E-state index in [9.17, 15) is 0 Å². The highest BCUT2D eigenvalue weighted by Gasteiger charge is 2.34. The van der Waals surface area contributed by atoms with Gasteiger partial charge in [0.15, 0.2) is 0 Å². The highest BCUT2D eigenvalue weighted by Crippen LogP contribution is 2.40. The first-order chi connectivity index (χ1) is 10.4. The fourth-order valence-electron chi connectivity index (χ4n) is 3.86. The number of hydrogen-bond acceptors (Lipinski definition) is 3. The van der Waals surface area contributed by atoms with Gasteiger partial charge in [-0.3, -0.25) is 0 Å². The molecule has 0 radical (unpaired) electrons. The van der Waals surface area contributed by atoms with E-state index in [1.807, 2.05) is 0 Å². The van der Waals surface area contributed by atoms with Crippen LogP contribution >= 0.6 is 11.8 Å². The lowest BCUT2D eigenvalue weighted by Gasteiger charge is -2.42. The second-order valence-electron chi connectivity index (χ2n) is 8.06. The number of thioether (sulfide) groups is 1. The second-order valence-corrected chi connectivity index (χ2v) is 8.94. The molecule has 0 saturated heterocycles. The summed E-state index contributed by atoms with van der Waals surface area (Å²) in [5, 5.41) is 3.89. The molecule has 1 aromatic rings. The molecule has 2 nitrogen and oxygen atoms in total. The van der Waals surface area contributed by atoms with Crippen molar-refractivity contribution in [2.75, 3.05) is 12.9 Å². The maximum absolute atomic E-state index is 5.82. The van der Waals surface area contributed by atoms with Crippen molar-refractivity contribution in [2.24, 2.45) is 11.3 Å². The lowest BCUT2D eigenvalue weighted by Crippen LogP contribution is -2.45. The molecule has 1 saturated carbocycles. The third-order valence-electron chi connectivity index (χ3n) is 4.83. The Bertz CT molecular complexity index is 517. The first kappa shape index (κ1) is 16.2. The largest absolute Gasteiger partial charge is 0.493 e. The van der Waals surface area contributed by atoms with Crippen LogP contribution in [0.5, 0.6) is 5.75 Å². The SMILES string of the molecule is CSc1ccc2c(c1)C(NC1CC(CC(C)(C)C)C1)CCO2. The Morgan fingerprint density at radius 2 is 2.05 bits per heavy atom. The number of benzene rings is 1. The van der Waals surface area contributed by atoms with Crippen LogP contribution in [-0.4, -0.2) is 18.9 Å². The Kier molecular flexibility index (Phi) is 4.75. The first-order valence-corrected chi connectivity index (χ1v) is 9.74. The Morgan fingerprint density at radius 3 is 2.73 bits per heavy atom. The number of rotatable bonds is 4. The summed E-state index contributed by atoms with van der Waals surface area (Å²) in [5.41, 5.74) is 1.83. The molecule has 1 heterocycles. The summed E-state index contributed by atoms with van der Waals surface area (Å²) < 4.78 is 5.82. The average Bonchev–Trinajstić information content (AvgIpc) is 2.43. The molecule has 1 atom stereocenters. The number of hydrogen-bond donors (Lipinski definition) is 1. The van der Waals surface area contributed by atoms with E-state index in [1.54, 1.807) is 11.8 Å². The molecule has 2 aliphatic rings. The number of fused-ring (bicyclic) bond motifs is 1. The van der Waals surface area contributed by atoms with Crippen molar-refractivity contribution in [2.45, 2.75) is 63.4 Å². The van der Waals surface area contributed by atoms with E-state index in [2.05, 4.69) is 50.5 Å². The first-order valence-electron chi connectivity index (χ1n) is 8.51. The predicted molar refractivity (Wildman–Crippen MR) is 94.8 cm³/mol. The van der Waals surface area contributed by atoms with Crippen LogP contribution in [0, 0.1) is 11.3 Å². The summed E-state index contributed by atoms with van der Waals surface area (Å²) in [6.45, 7) is 7.90. The fourth-order valence-corrected chi connectivity index (χ4v) is 4.31. The fraction of sp³-hybridized carbons (Fsp3) is 0.684. The maximum atomic E-state index is 5.82. The molecule has 1 aromatic carbocycles. The van der Waals surface area contributed by atoms with Crippen LogP contribution in [0.15, 0.2) is 23.1 Å². The van der Waals surface area contributed by atoms with Crippen molar-refractivity contribution in [3.8, 4) is 5.75 Å². The minimum Gasteiger partial charge on any atom is -0.493 e. The highest BCUT2D eigenvalue weighted by molar-refractivity contribution is 7.98. The molecule has 1 N–H and O–H groups in total. The Hall–Kier alpha value is -0.670. The van der Waals surface area contributed by atoms with Crippen LogP contribution in [0.3, 0.4) is 0 Å². The van der Waals surface area contributed by atoms with Crippen molar-refractivity contribution >= 4 is 11.8 Å². The monoisotopic (exact) mass is 319 g/mol. The molecular formula is C19H29NOS. The molecule has 1 aliphatic heterocycles. The second kappa shape index (κ2) is 6.45. The smallest absolute Gasteiger partial charge is 0.124 e. The molecule has 22 heavy (non-hydrogen) atoms. The summed E-state index contributed by atoms with van der Waals surface area (Å²) >= 11 is 1.81. The highest BCUT2D eigenvalue weighted by atomic mass is 32.2. The Balaban J connectivity index is 1.59. The van der Waals surface area contributed by atoms with Gasteiger partial charge in [-0.15, -0.1) is 11.8 Å². The van der Waals surface area contributed by atoms with Crippen LogP contribution in [0.1, 0.15) is 58.1 Å². The van der Waals surface area contributed by atoms with Crippen LogP contribution in [-0.2, 0) is 0 Å². The standard InChI is InChI=1S/C19H29NOS/c1-19(2,3)12-13-9-14(10-13)20-17-7-8-21-18-6-5-15(22-4)11-16(17)18/h5-6,11,13-14,17,20H,7-10,12H2,1-4H3. The Labute approximate surface area is 139 Å². The van der Waals surface area contributed by atoms with E-state index in [0.29, 0.717) is 17.5 Å². The Morgan fingerprint density at radius 1 is 1.27 bits per heavy atom. The van der Waals surface area contributed by atoms with Crippen molar-refractivity contribution in [1.29, 1.82) is 0 Å². The normalized spacial score (nSPS) is 27.7. The predicted octanol–water partition coefficient (Wildman–Crippen LogP) is 5.04. The van der Waals surface area contributed by atoms with Crippen molar-refractivity contribution < 1.29 is 4.74 Å². The van der Waals surface area contributed by atoms with E-state index < -0.39 is 0 Å². The van der Waals surface area contributed by atoms with E-state index in [1.165, 1.54) is 29.7 Å². The van der Waals surface area contributed by atoms with Gasteiger partial charge < -0.3 is 10.1 Å². The van der Waals surface area contributed by atoms with Crippen molar-refractivity contribution in [1.82, 2.24) is 5.32 Å². The summed E-state index contributed by atoms with van der Waals surface area (Å²) in [7, 11) is 0. The molecule has 122 valence electrons. The summed E-state index contributed by atoms with van der Waals surface area (Å²) in [4.78, 5) is 1.33. The zero-order chi connectivity index (χ0) is 15.7. The van der Waals surface area contributed by atoms with E-state index in [-0.39, 0.29) is 0 Å². The van der Waals surface area contributed by atoms with Gasteiger partial charge >= 0.3 is 0 Å². The third kappa shape index (κ3) is 3.80. The number of nitrogens with one attached hydrogen (secondary N) is 1. The topological polar surface area (TPSA) is 21.3 Å². The molecular weight excluding hydrogens is 290 g/mol. The summed E-state index contributed by atoms with van der Waals surface area (Å²) in [6, 6.07) is 7.77. The zero-order valence-electron chi connectivity index (χ0n) is 14.3. The zero-order valence-corrected chi connectivity index (χ0v) is 15.1. The van der Waals surface area contributed by atoms with Gasteiger partial charge in [-0.1, -0.05) is 20.8 Å². The molecule has 1 fully saturated rings. The number of ether oxygens (including phenoxy) is 1. The minimum atomic E-state index is 0.466. The summed E-state index contributed by atoms with van der Waals surface area (Å²) in [6.07, 6.45) is 7.26. The van der Waals surface area contributed by atoms with E-state index >= 15 is 0 Å². The van der Waals surface area contributed by atoms with Crippen LogP contribution < -0.4 is 10.1 Å². The van der Waals surface area contributed by atoms with Crippen LogP contribution in [0.2, 0.25) is 0 Å². The quantitative estimate of drug-likeness (QED) is 0.786. The van der Waals surface area contributed by atoms with Gasteiger partial charge in [0.2, 0.25) is 0 Å². The molecule has 0 aromatic heterocycles. The maximum Gasteiger partial charge on any atom is 0.124 e. The van der Waals surface area contributed by atoms with Crippen LogP contribution in [0.25, 0.3) is 0 Å². The van der Waals surface area contributed by atoms with Gasteiger partial charge in [0.1, 0.15) is 5.75 Å². The van der Waals surface area contributed by atoms with Crippen molar-refractivity contribution in [3.05, 3.63) is 23.8 Å². The average molecular weight is 320 g/mol. The minimum absolute atomic E-state index is 0.466. The van der Waals surface area contributed by atoms with Gasteiger partial charge in [-0.05, 0) is 55.1 Å². The van der Waals surface area contributed by atoms with Gasteiger partial charge in [0.25, 0.3) is 0 Å². The van der Waals surface area contributed by atoms with E-state index in [0.717, 1.165) is 24.7 Å².